The predicted octanol–water partition coefficient (Wildman–Crippen LogP) is 5.85. The SMILES string of the molecule is COC(=O)c1cc(OC2CCC(C)(C(=O)OCc3cccc4ccccc34)CC2)c(F)cc1OC. The Labute approximate surface area is 203 Å². The number of halogens is 1. The van der Waals surface area contributed by atoms with Crippen LogP contribution < -0.4 is 9.47 Å². The van der Waals surface area contributed by atoms with E-state index in [9.17, 15) is 14.0 Å². The van der Waals surface area contributed by atoms with E-state index in [0.717, 1.165) is 22.4 Å². The van der Waals surface area contributed by atoms with Crippen molar-refractivity contribution in [1.29, 1.82) is 0 Å². The van der Waals surface area contributed by atoms with Gasteiger partial charge in [0.2, 0.25) is 0 Å². The van der Waals surface area contributed by atoms with Gasteiger partial charge in [0, 0.05) is 12.1 Å². The number of esters is 2. The molecule has 1 aliphatic carbocycles. The minimum Gasteiger partial charge on any atom is -0.496 e. The first-order chi connectivity index (χ1) is 16.8. The smallest absolute Gasteiger partial charge is 0.341 e. The van der Waals surface area contributed by atoms with Crippen LogP contribution in [0.1, 0.15) is 48.5 Å². The van der Waals surface area contributed by atoms with Crippen molar-refractivity contribution in [1.82, 2.24) is 0 Å². The van der Waals surface area contributed by atoms with E-state index in [-0.39, 0.29) is 35.7 Å². The van der Waals surface area contributed by atoms with Crippen molar-refractivity contribution in [2.45, 2.75) is 45.3 Å². The molecule has 0 amide bonds. The van der Waals surface area contributed by atoms with Crippen LogP contribution in [0.15, 0.2) is 54.6 Å². The van der Waals surface area contributed by atoms with E-state index in [4.69, 9.17) is 18.9 Å². The molecular formula is C28H29FO6. The second-order valence-electron chi connectivity index (χ2n) is 9.07. The Morgan fingerprint density at radius 3 is 2.43 bits per heavy atom. The number of rotatable bonds is 7. The zero-order valence-corrected chi connectivity index (χ0v) is 20.1. The third kappa shape index (κ3) is 5.24. The summed E-state index contributed by atoms with van der Waals surface area (Å²) in [4.78, 5) is 25.0. The lowest BCUT2D eigenvalue weighted by Crippen LogP contribution is -2.37. The van der Waals surface area contributed by atoms with Gasteiger partial charge in [-0.15, -0.1) is 0 Å². The van der Waals surface area contributed by atoms with Crippen LogP contribution in [0.4, 0.5) is 4.39 Å². The number of benzene rings is 3. The molecule has 3 aromatic carbocycles. The van der Waals surface area contributed by atoms with Crippen molar-refractivity contribution in [3.05, 3.63) is 71.5 Å². The predicted molar refractivity (Wildman–Crippen MR) is 129 cm³/mol. The van der Waals surface area contributed by atoms with Gasteiger partial charge in [-0.1, -0.05) is 42.5 Å². The first-order valence-corrected chi connectivity index (χ1v) is 11.6. The van der Waals surface area contributed by atoms with Crippen LogP contribution in [-0.2, 0) is 20.9 Å². The molecule has 0 bridgehead atoms. The summed E-state index contributed by atoms with van der Waals surface area (Å²) in [6.07, 6.45) is 1.92. The fourth-order valence-electron chi connectivity index (χ4n) is 4.53. The van der Waals surface area contributed by atoms with Gasteiger partial charge >= 0.3 is 11.9 Å². The highest BCUT2D eigenvalue weighted by Gasteiger charge is 2.40. The summed E-state index contributed by atoms with van der Waals surface area (Å²) >= 11 is 0. The quantitative estimate of drug-likeness (QED) is 0.396. The molecule has 0 atom stereocenters. The molecule has 7 heteroatoms. The van der Waals surface area contributed by atoms with Crippen molar-refractivity contribution < 1.29 is 32.9 Å². The fraction of sp³-hybridized carbons (Fsp3) is 0.357. The molecule has 0 radical (unpaired) electrons. The third-order valence-electron chi connectivity index (χ3n) is 6.72. The maximum absolute atomic E-state index is 14.6. The number of hydrogen-bond acceptors (Lipinski definition) is 6. The monoisotopic (exact) mass is 480 g/mol. The average Bonchev–Trinajstić information content (AvgIpc) is 2.88. The van der Waals surface area contributed by atoms with E-state index in [2.05, 4.69) is 0 Å². The highest BCUT2D eigenvalue weighted by atomic mass is 19.1. The van der Waals surface area contributed by atoms with Gasteiger partial charge in [0.1, 0.15) is 17.9 Å². The molecule has 4 rings (SSSR count). The zero-order valence-electron chi connectivity index (χ0n) is 20.1. The van der Waals surface area contributed by atoms with Crippen molar-refractivity contribution >= 4 is 22.7 Å². The average molecular weight is 481 g/mol. The van der Waals surface area contributed by atoms with Crippen molar-refractivity contribution in [2.75, 3.05) is 14.2 Å². The van der Waals surface area contributed by atoms with Gasteiger partial charge < -0.3 is 18.9 Å². The second-order valence-corrected chi connectivity index (χ2v) is 9.07. The summed E-state index contributed by atoms with van der Waals surface area (Å²) < 4.78 is 36.0. The molecule has 0 spiro atoms. The Bertz CT molecular complexity index is 1220. The van der Waals surface area contributed by atoms with Crippen LogP contribution >= 0.6 is 0 Å². The Hall–Kier alpha value is -3.61. The third-order valence-corrected chi connectivity index (χ3v) is 6.72. The Kier molecular flexibility index (Phi) is 7.24. The first-order valence-electron chi connectivity index (χ1n) is 11.6. The van der Waals surface area contributed by atoms with Gasteiger partial charge in [0.15, 0.2) is 11.6 Å². The lowest BCUT2D eigenvalue weighted by molar-refractivity contribution is -0.159. The molecule has 0 saturated heterocycles. The summed E-state index contributed by atoms with van der Waals surface area (Å²) in [6, 6.07) is 16.4. The van der Waals surface area contributed by atoms with Crippen molar-refractivity contribution in [2.24, 2.45) is 5.41 Å². The normalized spacial score (nSPS) is 19.7. The summed E-state index contributed by atoms with van der Waals surface area (Å²) in [7, 11) is 2.59. The molecule has 0 unspecified atom stereocenters. The van der Waals surface area contributed by atoms with Crippen LogP contribution in [-0.4, -0.2) is 32.3 Å². The molecular weight excluding hydrogens is 451 g/mol. The zero-order chi connectivity index (χ0) is 25.0. The molecule has 1 fully saturated rings. The topological polar surface area (TPSA) is 71.1 Å². The molecule has 3 aromatic rings. The standard InChI is InChI=1S/C28H29FO6/c1-28(27(31)34-17-19-9-6-8-18-7-4-5-10-21(18)19)13-11-20(12-14-28)35-25-15-22(26(30)33-3)24(32-2)16-23(25)29/h4-10,15-16,20H,11-14,17H2,1-3H3. The Morgan fingerprint density at radius 2 is 1.71 bits per heavy atom. The Balaban J connectivity index is 1.38. The van der Waals surface area contributed by atoms with Gasteiger partial charge in [-0.3, -0.25) is 4.79 Å². The van der Waals surface area contributed by atoms with Crippen LogP contribution in [0.2, 0.25) is 0 Å². The van der Waals surface area contributed by atoms with Gasteiger partial charge in [-0.2, -0.15) is 0 Å². The van der Waals surface area contributed by atoms with Crippen molar-refractivity contribution in [3.8, 4) is 11.5 Å². The van der Waals surface area contributed by atoms with E-state index in [0.29, 0.717) is 25.7 Å². The lowest BCUT2D eigenvalue weighted by Gasteiger charge is -2.35. The van der Waals surface area contributed by atoms with Gasteiger partial charge in [-0.05, 0) is 48.9 Å². The number of methoxy groups -OCH3 is 2. The van der Waals surface area contributed by atoms with E-state index in [1.807, 2.05) is 49.4 Å². The van der Waals surface area contributed by atoms with Crippen LogP contribution in [0.25, 0.3) is 10.8 Å². The lowest BCUT2D eigenvalue weighted by atomic mass is 9.74. The fourth-order valence-corrected chi connectivity index (χ4v) is 4.53. The maximum atomic E-state index is 14.6. The van der Waals surface area contributed by atoms with Crippen LogP contribution in [0.3, 0.4) is 0 Å². The largest absolute Gasteiger partial charge is 0.496 e. The molecule has 1 aliphatic rings. The van der Waals surface area contributed by atoms with Gasteiger partial charge in [-0.25, -0.2) is 9.18 Å². The summed E-state index contributed by atoms with van der Waals surface area (Å²) in [5.41, 5.74) is 0.414. The van der Waals surface area contributed by atoms with Crippen LogP contribution in [0, 0.1) is 11.2 Å². The van der Waals surface area contributed by atoms with Gasteiger partial charge in [0.05, 0.1) is 25.7 Å². The van der Waals surface area contributed by atoms with E-state index in [1.165, 1.54) is 20.3 Å². The number of carbonyl (C=O) groups is 2. The highest BCUT2D eigenvalue weighted by molar-refractivity contribution is 5.93. The molecule has 0 aromatic heterocycles. The molecule has 0 aliphatic heterocycles. The number of fused-ring (bicyclic) bond motifs is 1. The first kappa shape index (κ1) is 24.5. The van der Waals surface area contributed by atoms with E-state index in [1.54, 1.807) is 0 Å². The molecule has 1 saturated carbocycles. The van der Waals surface area contributed by atoms with E-state index >= 15 is 0 Å². The van der Waals surface area contributed by atoms with E-state index < -0.39 is 17.2 Å². The maximum Gasteiger partial charge on any atom is 0.341 e. The van der Waals surface area contributed by atoms with Crippen molar-refractivity contribution in [3.63, 3.8) is 0 Å². The van der Waals surface area contributed by atoms with Crippen LogP contribution in [0.5, 0.6) is 11.5 Å². The summed E-state index contributed by atoms with van der Waals surface area (Å²) in [5.74, 6) is -1.48. The number of ether oxygens (including phenoxy) is 4. The molecule has 0 N–H and O–H groups in total. The summed E-state index contributed by atoms with van der Waals surface area (Å²) in [5, 5.41) is 2.17. The minimum absolute atomic E-state index is 0.0432. The molecule has 184 valence electrons. The summed E-state index contributed by atoms with van der Waals surface area (Å²) in [6.45, 7) is 2.11. The Morgan fingerprint density at radius 1 is 1.00 bits per heavy atom. The second kappa shape index (κ2) is 10.3. The molecule has 0 heterocycles. The molecule has 6 nitrogen and oxygen atoms in total. The highest BCUT2D eigenvalue weighted by Crippen LogP contribution is 2.39. The number of hydrogen-bond donors (Lipinski definition) is 0. The molecule has 35 heavy (non-hydrogen) atoms. The minimum atomic E-state index is -0.642. The van der Waals surface area contributed by atoms with Gasteiger partial charge in [0.25, 0.3) is 0 Å². The number of carbonyl (C=O) groups excluding carboxylic acids is 2.